The Balaban J connectivity index is 0.000000181. The van der Waals surface area contributed by atoms with Crippen LogP contribution in [-0.4, -0.2) is 21.8 Å². The van der Waals surface area contributed by atoms with Gasteiger partial charge in [0.25, 0.3) is 11.8 Å². The molecule has 0 aliphatic heterocycles. The number of hydrogen-bond acceptors (Lipinski definition) is 4. The Hall–Kier alpha value is -3.74. The van der Waals surface area contributed by atoms with Crippen LogP contribution in [0.4, 0.5) is 11.4 Å². The standard InChI is InChI=1S/2C12H9ClN2O/c2*13-9-4-3-5-10(8-9)15-12(16)11-6-1-2-7-14-11/h2*1-8H,(H,15,16). The monoisotopic (exact) mass is 464 g/mol. The third-order valence-electron chi connectivity index (χ3n) is 3.96. The average Bonchev–Trinajstić information content (AvgIpc) is 2.81. The summed E-state index contributed by atoms with van der Waals surface area (Å²) in [5.74, 6) is -0.495. The molecule has 2 aromatic heterocycles. The zero-order valence-electron chi connectivity index (χ0n) is 16.7. The Kier molecular flexibility index (Phi) is 8.31. The molecule has 6 nitrogen and oxygen atoms in total. The second kappa shape index (κ2) is 11.6. The van der Waals surface area contributed by atoms with E-state index in [0.29, 0.717) is 32.8 Å². The van der Waals surface area contributed by atoms with Crippen LogP contribution in [0.3, 0.4) is 0 Å². The van der Waals surface area contributed by atoms with Gasteiger partial charge in [0, 0.05) is 33.8 Å². The quantitative estimate of drug-likeness (QED) is 0.389. The number of amides is 2. The smallest absolute Gasteiger partial charge is 0.274 e. The van der Waals surface area contributed by atoms with Crippen LogP contribution >= 0.6 is 23.2 Å². The highest BCUT2D eigenvalue weighted by atomic mass is 35.5. The molecule has 2 N–H and O–H groups in total. The molecule has 0 saturated carbocycles. The van der Waals surface area contributed by atoms with E-state index in [1.807, 2.05) is 0 Å². The number of nitrogens with zero attached hydrogens (tertiary/aromatic N) is 2. The summed E-state index contributed by atoms with van der Waals surface area (Å²) < 4.78 is 0. The number of benzene rings is 2. The van der Waals surface area contributed by atoms with Crippen molar-refractivity contribution in [2.45, 2.75) is 0 Å². The lowest BCUT2D eigenvalue weighted by Gasteiger charge is -2.04. The Labute approximate surface area is 195 Å². The SMILES string of the molecule is O=C(Nc1cccc(Cl)c1)c1ccccn1.O=C(Nc1cccc(Cl)c1)c1ccccn1. The van der Waals surface area contributed by atoms with Crippen molar-refractivity contribution >= 4 is 46.4 Å². The molecular weight excluding hydrogens is 447 g/mol. The summed E-state index contributed by atoms with van der Waals surface area (Å²) in [6, 6.07) is 24.3. The van der Waals surface area contributed by atoms with Crippen molar-refractivity contribution in [3.8, 4) is 0 Å². The number of pyridine rings is 2. The van der Waals surface area contributed by atoms with Gasteiger partial charge in [-0.15, -0.1) is 0 Å². The van der Waals surface area contributed by atoms with Crippen molar-refractivity contribution in [2.24, 2.45) is 0 Å². The number of carbonyl (C=O) groups excluding carboxylic acids is 2. The molecule has 0 radical (unpaired) electrons. The average molecular weight is 465 g/mol. The molecule has 0 bridgehead atoms. The predicted octanol–water partition coefficient (Wildman–Crippen LogP) is 5.97. The van der Waals surface area contributed by atoms with Gasteiger partial charge in [-0.25, -0.2) is 0 Å². The van der Waals surface area contributed by atoms with Gasteiger partial charge < -0.3 is 10.6 Å². The van der Waals surface area contributed by atoms with Crippen LogP contribution < -0.4 is 10.6 Å². The van der Waals surface area contributed by atoms with E-state index in [0.717, 1.165) is 0 Å². The van der Waals surface area contributed by atoms with Gasteiger partial charge in [-0.3, -0.25) is 19.6 Å². The first-order valence-electron chi connectivity index (χ1n) is 9.47. The second-order valence-electron chi connectivity index (χ2n) is 6.36. The van der Waals surface area contributed by atoms with Gasteiger partial charge >= 0.3 is 0 Å². The summed E-state index contributed by atoms with van der Waals surface area (Å²) >= 11 is 11.6. The Morgan fingerprint density at radius 3 is 1.38 bits per heavy atom. The fourth-order valence-corrected chi connectivity index (χ4v) is 2.90. The predicted molar refractivity (Wildman–Crippen MR) is 127 cm³/mol. The minimum atomic E-state index is -0.247. The van der Waals surface area contributed by atoms with Gasteiger partial charge in [-0.2, -0.15) is 0 Å². The maximum Gasteiger partial charge on any atom is 0.274 e. The minimum absolute atomic E-state index is 0.247. The van der Waals surface area contributed by atoms with Crippen LogP contribution in [0, 0.1) is 0 Å². The van der Waals surface area contributed by atoms with Crippen molar-refractivity contribution in [1.29, 1.82) is 0 Å². The van der Waals surface area contributed by atoms with Gasteiger partial charge in [0.15, 0.2) is 0 Å². The van der Waals surface area contributed by atoms with E-state index in [1.165, 1.54) is 0 Å². The summed E-state index contributed by atoms with van der Waals surface area (Å²) in [6.07, 6.45) is 3.15. The molecule has 4 rings (SSSR count). The molecule has 0 unspecified atom stereocenters. The molecule has 2 heterocycles. The van der Waals surface area contributed by atoms with Crippen molar-refractivity contribution in [2.75, 3.05) is 10.6 Å². The van der Waals surface area contributed by atoms with Crippen LogP contribution in [0.15, 0.2) is 97.3 Å². The third kappa shape index (κ3) is 7.19. The molecule has 0 atom stereocenters. The van der Waals surface area contributed by atoms with Crippen molar-refractivity contribution in [3.63, 3.8) is 0 Å². The highest BCUT2D eigenvalue weighted by molar-refractivity contribution is 6.31. The lowest BCUT2D eigenvalue weighted by molar-refractivity contribution is 0.101. The largest absolute Gasteiger partial charge is 0.321 e. The van der Waals surface area contributed by atoms with Gasteiger partial charge in [0.05, 0.1) is 0 Å². The lowest BCUT2D eigenvalue weighted by Crippen LogP contribution is -2.13. The molecular formula is C24H18Cl2N4O2. The Bertz CT molecular complexity index is 1090. The molecule has 8 heteroatoms. The maximum absolute atomic E-state index is 11.7. The second-order valence-corrected chi connectivity index (χ2v) is 7.23. The van der Waals surface area contributed by atoms with Crippen molar-refractivity contribution < 1.29 is 9.59 Å². The molecule has 0 aliphatic carbocycles. The number of nitrogens with one attached hydrogen (secondary N) is 2. The fraction of sp³-hybridized carbons (Fsp3) is 0. The Morgan fingerprint density at radius 2 is 1.03 bits per heavy atom. The number of carbonyl (C=O) groups is 2. The molecule has 0 saturated heterocycles. The molecule has 2 amide bonds. The summed E-state index contributed by atoms with van der Waals surface area (Å²) in [4.78, 5) is 31.3. The van der Waals surface area contributed by atoms with E-state index in [1.54, 1.807) is 97.3 Å². The van der Waals surface area contributed by atoms with Gasteiger partial charge in [-0.05, 0) is 60.7 Å². The third-order valence-corrected chi connectivity index (χ3v) is 4.43. The van der Waals surface area contributed by atoms with Crippen LogP contribution in [0.25, 0.3) is 0 Å². The molecule has 0 spiro atoms. The first-order chi connectivity index (χ1) is 15.5. The molecule has 160 valence electrons. The van der Waals surface area contributed by atoms with E-state index in [2.05, 4.69) is 20.6 Å². The molecule has 0 fully saturated rings. The number of hydrogen-bond donors (Lipinski definition) is 2. The summed E-state index contributed by atoms with van der Waals surface area (Å²) in [7, 11) is 0. The van der Waals surface area contributed by atoms with Crippen molar-refractivity contribution in [1.82, 2.24) is 9.97 Å². The van der Waals surface area contributed by atoms with Crippen LogP contribution in [0.2, 0.25) is 10.0 Å². The van der Waals surface area contributed by atoms with Gasteiger partial charge in [0.2, 0.25) is 0 Å². The van der Waals surface area contributed by atoms with Crippen LogP contribution in [0.5, 0.6) is 0 Å². The highest BCUT2D eigenvalue weighted by Crippen LogP contribution is 2.16. The van der Waals surface area contributed by atoms with Crippen molar-refractivity contribution in [3.05, 3.63) is 119 Å². The number of rotatable bonds is 4. The van der Waals surface area contributed by atoms with E-state index >= 15 is 0 Å². The number of anilines is 2. The zero-order valence-corrected chi connectivity index (χ0v) is 18.2. The van der Waals surface area contributed by atoms with Crippen LogP contribution in [0.1, 0.15) is 21.0 Å². The molecule has 4 aromatic rings. The summed E-state index contributed by atoms with van der Waals surface area (Å²) in [5.41, 5.74) is 2.07. The van der Waals surface area contributed by atoms with E-state index in [9.17, 15) is 9.59 Å². The number of aromatic nitrogens is 2. The molecule has 2 aromatic carbocycles. The van der Waals surface area contributed by atoms with Gasteiger partial charge in [-0.1, -0.05) is 47.5 Å². The van der Waals surface area contributed by atoms with E-state index < -0.39 is 0 Å². The lowest BCUT2D eigenvalue weighted by atomic mass is 10.3. The van der Waals surface area contributed by atoms with Gasteiger partial charge in [0.1, 0.15) is 11.4 Å². The first-order valence-corrected chi connectivity index (χ1v) is 10.2. The summed E-state index contributed by atoms with van der Waals surface area (Å²) in [6.45, 7) is 0. The Morgan fingerprint density at radius 1 is 0.594 bits per heavy atom. The zero-order chi connectivity index (χ0) is 22.8. The minimum Gasteiger partial charge on any atom is -0.321 e. The highest BCUT2D eigenvalue weighted by Gasteiger charge is 2.07. The fourth-order valence-electron chi connectivity index (χ4n) is 2.52. The summed E-state index contributed by atoms with van der Waals surface area (Å²) in [5, 5.41) is 6.59. The van der Waals surface area contributed by atoms with E-state index in [-0.39, 0.29) is 11.8 Å². The molecule has 0 aliphatic rings. The normalized spacial score (nSPS) is 9.81. The molecule has 32 heavy (non-hydrogen) atoms. The maximum atomic E-state index is 11.7. The topological polar surface area (TPSA) is 84.0 Å². The first kappa shape index (κ1) is 22.9. The van der Waals surface area contributed by atoms with E-state index in [4.69, 9.17) is 23.2 Å². The number of halogens is 2. The van der Waals surface area contributed by atoms with Crippen LogP contribution in [-0.2, 0) is 0 Å².